The predicted molar refractivity (Wildman–Crippen MR) is 87.3 cm³/mol. The molecule has 106 valence electrons. The molecular formula is C16H26N2S. The fourth-order valence-electron chi connectivity index (χ4n) is 2.56. The Bertz CT molecular complexity index is 417. The summed E-state index contributed by atoms with van der Waals surface area (Å²) in [4.78, 5) is 2.56. The van der Waals surface area contributed by atoms with Gasteiger partial charge in [-0.2, -0.15) is 11.8 Å². The van der Waals surface area contributed by atoms with Crippen molar-refractivity contribution < 1.29 is 0 Å². The Morgan fingerprint density at radius 3 is 2.84 bits per heavy atom. The fourth-order valence-corrected chi connectivity index (χ4v) is 3.57. The lowest BCUT2D eigenvalue weighted by atomic mass is 10.1. The molecule has 1 aliphatic rings. The zero-order chi connectivity index (χ0) is 13.8. The third-order valence-electron chi connectivity index (χ3n) is 3.65. The van der Waals surface area contributed by atoms with Crippen LogP contribution in [0.1, 0.15) is 31.9 Å². The van der Waals surface area contributed by atoms with Crippen LogP contribution in [0, 0.1) is 6.92 Å². The second-order valence-corrected chi connectivity index (χ2v) is 6.92. The van der Waals surface area contributed by atoms with Crippen LogP contribution >= 0.6 is 11.8 Å². The lowest BCUT2D eigenvalue weighted by Crippen LogP contribution is -2.40. The number of nitrogens with zero attached hydrogens (tertiary/aromatic N) is 1. The van der Waals surface area contributed by atoms with Gasteiger partial charge in [0.15, 0.2) is 0 Å². The van der Waals surface area contributed by atoms with Crippen LogP contribution in [0.15, 0.2) is 18.2 Å². The topological polar surface area (TPSA) is 15.3 Å². The molecule has 1 aliphatic heterocycles. The average molecular weight is 278 g/mol. The molecule has 1 fully saturated rings. The Kier molecular flexibility index (Phi) is 5.17. The van der Waals surface area contributed by atoms with Gasteiger partial charge in [-0.25, -0.2) is 0 Å². The molecule has 0 spiro atoms. The van der Waals surface area contributed by atoms with Gasteiger partial charge in [-0.05, 0) is 31.0 Å². The van der Waals surface area contributed by atoms with Crippen molar-refractivity contribution in [2.24, 2.45) is 0 Å². The molecule has 0 aliphatic carbocycles. The number of rotatable bonds is 4. The Labute approximate surface area is 122 Å². The molecule has 1 unspecified atom stereocenters. The van der Waals surface area contributed by atoms with E-state index in [4.69, 9.17) is 0 Å². The minimum atomic E-state index is 0.541. The van der Waals surface area contributed by atoms with Crippen LogP contribution in [0.4, 0.5) is 5.69 Å². The van der Waals surface area contributed by atoms with Crippen molar-refractivity contribution in [2.45, 2.75) is 46.3 Å². The first kappa shape index (κ1) is 14.7. The average Bonchev–Trinajstić information content (AvgIpc) is 2.38. The van der Waals surface area contributed by atoms with Crippen molar-refractivity contribution >= 4 is 17.4 Å². The van der Waals surface area contributed by atoms with Crippen molar-refractivity contribution in [2.75, 3.05) is 23.0 Å². The molecule has 0 saturated carbocycles. The lowest BCUT2D eigenvalue weighted by molar-refractivity contribution is 0.588. The molecule has 0 amide bonds. The zero-order valence-corrected chi connectivity index (χ0v) is 13.4. The summed E-state index contributed by atoms with van der Waals surface area (Å²) in [6.07, 6.45) is 0. The first-order chi connectivity index (χ1) is 9.08. The first-order valence-electron chi connectivity index (χ1n) is 7.25. The quantitative estimate of drug-likeness (QED) is 0.908. The van der Waals surface area contributed by atoms with Crippen LogP contribution < -0.4 is 10.2 Å². The standard InChI is InChI=1S/C16H26N2S/c1-12(2)17-10-15-5-6-16(13(3)9-15)18-7-8-19-11-14(18)4/h5-6,9,12,14,17H,7-8,10-11H2,1-4H3. The second-order valence-electron chi connectivity index (χ2n) is 5.77. The predicted octanol–water partition coefficient (Wildman–Crippen LogP) is 3.43. The molecule has 2 rings (SSSR count). The molecule has 0 radical (unpaired) electrons. The molecule has 19 heavy (non-hydrogen) atoms. The maximum atomic E-state index is 3.48. The van der Waals surface area contributed by atoms with Crippen molar-refractivity contribution in [3.63, 3.8) is 0 Å². The van der Waals surface area contributed by atoms with E-state index in [1.165, 1.54) is 34.9 Å². The van der Waals surface area contributed by atoms with Crippen LogP contribution in [0.5, 0.6) is 0 Å². The van der Waals surface area contributed by atoms with Gasteiger partial charge in [0, 0.05) is 42.4 Å². The van der Waals surface area contributed by atoms with Crippen LogP contribution in [-0.4, -0.2) is 30.1 Å². The van der Waals surface area contributed by atoms with Gasteiger partial charge in [0.25, 0.3) is 0 Å². The summed E-state index contributed by atoms with van der Waals surface area (Å²) >= 11 is 2.07. The van der Waals surface area contributed by atoms with Gasteiger partial charge in [0.05, 0.1) is 0 Å². The van der Waals surface area contributed by atoms with E-state index in [0.29, 0.717) is 12.1 Å². The van der Waals surface area contributed by atoms with E-state index in [1.807, 2.05) is 0 Å². The van der Waals surface area contributed by atoms with Crippen molar-refractivity contribution in [1.82, 2.24) is 5.32 Å². The van der Waals surface area contributed by atoms with Gasteiger partial charge in [-0.3, -0.25) is 0 Å². The molecule has 0 bridgehead atoms. The number of aryl methyl sites for hydroxylation is 1. The highest BCUT2D eigenvalue weighted by Crippen LogP contribution is 2.27. The van der Waals surface area contributed by atoms with Crippen molar-refractivity contribution in [3.05, 3.63) is 29.3 Å². The maximum absolute atomic E-state index is 3.48. The Morgan fingerprint density at radius 1 is 1.42 bits per heavy atom. The highest BCUT2D eigenvalue weighted by Gasteiger charge is 2.20. The summed E-state index contributed by atoms with van der Waals surface area (Å²) < 4.78 is 0. The summed E-state index contributed by atoms with van der Waals surface area (Å²) in [7, 11) is 0. The minimum absolute atomic E-state index is 0.541. The first-order valence-corrected chi connectivity index (χ1v) is 8.40. The van der Waals surface area contributed by atoms with Gasteiger partial charge in [-0.1, -0.05) is 26.0 Å². The van der Waals surface area contributed by atoms with E-state index in [2.05, 4.69) is 67.9 Å². The smallest absolute Gasteiger partial charge is 0.0399 e. The van der Waals surface area contributed by atoms with Crippen LogP contribution in [0.2, 0.25) is 0 Å². The van der Waals surface area contributed by atoms with Crippen LogP contribution in [-0.2, 0) is 6.54 Å². The SMILES string of the molecule is Cc1cc(CNC(C)C)ccc1N1CCSCC1C. The Hall–Kier alpha value is -0.670. The van der Waals surface area contributed by atoms with Crippen molar-refractivity contribution in [1.29, 1.82) is 0 Å². The number of nitrogens with one attached hydrogen (secondary N) is 1. The molecule has 2 nitrogen and oxygen atoms in total. The van der Waals surface area contributed by atoms with Crippen LogP contribution in [0.3, 0.4) is 0 Å². The van der Waals surface area contributed by atoms with E-state index >= 15 is 0 Å². The summed E-state index contributed by atoms with van der Waals surface area (Å²) in [6.45, 7) is 11.1. The number of hydrogen-bond donors (Lipinski definition) is 1. The minimum Gasteiger partial charge on any atom is -0.367 e. The fraction of sp³-hybridized carbons (Fsp3) is 0.625. The van der Waals surface area contributed by atoms with Gasteiger partial charge < -0.3 is 10.2 Å². The van der Waals surface area contributed by atoms with Crippen molar-refractivity contribution in [3.8, 4) is 0 Å². The molecule has 1 N–H and O–H groups in total. The van der Waals surface area contributed by atoms with Gasteiger partial charge in [0.1, 0.15) is 0 Å². The molecule has 1 atom stereocenters. The molecule has 3 heteroatoms. The molecule has 1 heterocycles. The monoisotopic (exact) mass is 278 g/mol. The zero-order valence-electron chi connectivity index (χ0n) is 12.6. The number of anilines is 1. The highest BCUT2D eigenvalue weighted by atomic mass is 32.2. The summed E-state index contributed by atoms with van der Waals surface area (Å²) in [5.74, 6) is 2.50. The summed E-state index contributed by atoms with van der Waals surface area (Å²) in [6, 6.07) is 8.10. The maximum Gasteiger partial charge on any atom is 0.0399 e. The normalized spacial score (nSPS) is 20.1. The van der Waals surface area contributed by atoms with Gasteiger partial charge >= 0.3 is 0 Å². The van der Waals surface area contributed by atoms with E-state index in [9.17, 15) is 0 Å². The Balaban J connectivity index is 2.10. The molecule has 1 aromatic rings. The Morgan fingerprint density at radius 2 is 2.21 bits per heavy atom. The van der Waals surface area contributed by atoms with Gasteiger partial charge in [0.2, 0.25) is 0 Å². The molecule has 1 saturated heterocycles. The molecule has 1 aromatic carbocycles. The molecular weight excluding hydrogens is 252 g/mol. The second kappa shape index (κ2) is 6.67. The molecule has 0 aromatic heterocycles. The highest BCUT2D eigenvalue weighted by molar-refractivity contribution is 7.99. The van der Waals surface area contributed by atoms with E-state index < -0.39 is 0 Å². The third-order valence-corrected chi connectivity index (χ3v) is 4.84. The van der Waals surface area contributed by atoms with E-state index in [0.717, 1.165) is 6.54 Å². The largest absolute Gasteiger partial charge is 0.367 e. The lowest BCUT2D eigenvalue weighted by Gasteiger charge is -2.36. The number of hydrogen-bond acceptors (Lipinski definition) is 3. The van der Waals surface area contributed by atoms with Crippen LogP contribution in [0.25, 0.3) is 0 Å². The van der Waals surface area contributed by atoms with E-state index in [1.54, 1.807) is 0 Å². The summed E-state index contributed by atoms with van der Waals surface area (Å²) in [5, 5.41) is 3.48. The van der Waals surface area contributed by atoms with E-state index in [-0.39, 0.29) is 0 Å². The third kappa shape index (κ3) is 3.90. The number of benzene rings is 1. The van der Waals surface area contributed by atoms with Gasteiger partial charge in [-0.15, -0.1) is 0 Å². The number of thioether (sulfide) groups is 1. The summed E-state index contributed by atoms with van der Waals surface area (Å²) in [5.41, 5.74) is 4.21.